The molecule has 1 fully saturated rings. The summed E-state index contributed by atoms with van der Waals surface area (Å²) in [6.45, 7) is 7.36. The topological polar surface area (TPSA) is 6.48 Å². The molecule has 3 heteroatoms. The zero-order valence-corrected chi connectivity index (χ0v) is 11.3. The van der Waals surface area contributed by atoms with Crippen molar-refractivity contribution in [2.45, 2.75) is 24.6 Å². The second-order valence-electron chi connectivity index (χ2n) is 4.74. The van der Waals surface area contributed by atoms with Crippen LogP contribution in [0.2, 0.25) is 0 Å². The van der Waals surface area contributed by atoms with Crippen LogP contribution in [0.25, 0.3) is 0 Å². The van der Waals surface area contributed by atoms with Crippen molar-refractivity contribution >= 4 is 15.9 Å². The normalized spacial score (nSPS) is 29.8. The van der Waals surface area contributed by atoms with Crippen LogP contribution < -0.4 is 0 Å². The lowest BCUT2D eigenvalue weighted by Crippen LogP contribution is -2.40. The molecular formula is C11H23BrN2. The van der Waals surface area contributed by atoms with Gasteiger partial charge in [-0.05, 0) is 52.5 Å². The van der Waals surface area contributed by atoms with Crippen LogP contribution in [-0.2, 0) is 0 Å². The molecule has 1 heterocycles. The van der Waals surface area contributed by atoms with E-state index in [9.17, 15) is 0 Å². The maximum absolute atomic E-state index is 3.74. The van der Waals surface area contributed by atoms with E-state index < -0.39 is 0 Å². The summed E-state index contributed by atoms with van der Waals surface area (Å²) in [7, 11) is 4.29. The summed E-state index contributed by atoms with van der Waals surface area (Å²) in [5, 5.41) is 0. The molecule has 0 radical (unpaired) electrons. The number of alkyl halides is 1. The molecular weight excluding hydrogens is 240 g/mol. The number of likely N-dealkylation sites (tertiary alicyclic amines) is 1. The summed E-state index contributed by atoms with van der Waals surface area (Å²) >= 11 is 3.74. The van der Waals surface area contributed by atoms with E-state index in [1.807, 2.05) is 0 Å². The summed E-state index contributed by atoms with van der Waals surface area (Å²) in [5.74, 6) is 0.808. The third-order valence-corrected chi connectivity index (χ3v) is 4.32. The summed E-state index contributed by atoms with van der Waals surface area (Å²) in [4.78, 5) is 5.61. The number of hydrogen-bond donors (Lipinski definition) is 0. The average molecular weight is 263 g/mol. The first-order chi connectivity index (χ1) is 6.59. The fraction of sp³-hybridized carbons (Fsp3) is 1.00. The van der Waals surface area contributed by atoms with Gasteiger partial charge in [0, 0.05) is 11.4 Å². The average Bonchev–Trinajstić information content (AvgIpc) is 2.10. The third-order valence-electron chi connectivity index (χ3n) is 2.96. The smallest absolute Gasteiger partial charge is 0.0195 e. The minimum atomic E-state index is 0.743. The van der Waals surface area contributed by atoms with Crippen LogP contribution in [-0.4, -0.2) is 54.9 Å². The van der Waals surface area contributed by atoms with Gasteiger partial charge in [0.1, 0.15) is 0 Å². The van der Waals surface area contributed by atoms with Gasteiger partial charge in [0.2, 0.25) is 0 Å². The number of piperidine rings is 1. The van der Waals surface area contributed by atoms with Crippen LogP contribution in [0.4, 0.5) is 0 Å². The molecule has 84 valence electrons. The summed E-state index contributed by atoms with van der Waals surface area (Å²) in [6, 6.07) is 0. The molecule has 0 aromatic carbocycles. The first-order valence-corrected chi connectivity index (χ1v) is 6.52. The highest BCUT2D eigenvalue weighted by Gasteiger charge is 2.23. The van der Waals surface area contributed by atoms with Crippen molar-refractivity contribution in [2.75, 3.05) is 40.3 Å². The molecule has 2 unspecified atom stereocenters. The van der Waals surface area contributed by atoms with Gasteiger partial charge in [-0.2, -0.15) is 0 Å². The van der Waals surface area contributed by atoms with Gasteiger partial charge >= 0.3 is 0 Å². The van der Waals surface area contributed by atoms with Crippen LogP contribution in [0.15, 0.2) is 0 Å². The Morgan fingerprint density at radius 2 is 2.14 bits per heavy atom. The van der Waals surface area contributed by atoms with Crippen molar-refractivity contribution in [1.82, 2.24) is 9.80 Å². The second kappa shape index (κ2) is 6.09. The van der Waals surface area contributed by atoms with E-state index in [0.29, 0.717) is 0 Å². The predicted octanol–water partition coefficient (Wildman–Crippen LogP) is 2.04. The molecule has 14 heavy (non-hydrogen) atoms. The monoisotopic (exact) mass is 262 g/mol. The van der Waals surface area contributed by atoms with Gasteiger partial charge in [-0.3, -0.25) is 0 Å². The van der Waals surface area contributed by atoms with Crippen molar-refractivity contribution < 1.29 is 0 Å². The number of hydrogen-bond acceptors (Lipinski definition) is 2. The third kappa shape index (κ3) is 4.28. The predicted molar refractivity (Wildman–Crippen MR) is 66.1 cm³/mol. The quantitative estimate of drug-likeness (QED) is 0.716. The van der Waals surface area contributed by atoms with Crippen LogP contribution >= 0.6 is 15.9 Å². The highest BCUT2D eigenvalue weighted by Crippen LogP contribution is 2.23. The largest absolute Gasteiger partial charge is 0.309 e. The lowest BCUT2D eigenvalue weighted by atomic mass is 10.00. The van der Waals surface area contributed by atoms with E-state index >= 15 is 0 Å². The molecule has 2 atom stereocenters. The van der Waals surface area contributed by atoms with E-state index in [1.165, 1.54) is 39.0 Å². The zero-order chi connectivity index (χ0) is 10.6. The van der Waals surface area contributed by atoms with Gasteiger partial charge in [0.15, 0.2) is 0 Å². The van der Waals surface area contributed by atoms with Gasteiger partial charge in [-0.15, -0.1) is 0 Å². The SMILES string of the molecule is CC1CN(CCCN(C)C)CCC1Br. The van der Waals surface area contributed by atoms with Crippen molar-refractivity contribution in [3.05, 3.63) is 0 Å². The first-order valence-electron chi connectivity index (χ1n) is 5.60. The Kier molecular flexibility index (Phi) is 5.42. The first kappa shape index (κ1) is 12.5. The van der Waals surface area contributed by atoms with Gasteiger partial charge in [0.05, 0.1) is 0 Å². The van der Waals surface area contributed by atoms with E-state index in [2.05, 4.69) is 46.7 Å². The lowest BCUT2D eigenvalue weighted by Gasteiger charge is -2.34. The fourth-order valence-electron chi connectivity index (χ4n) is 2.02. The molecule has 2 nitrogen and oxygen atoms in total. The Morgan fingerprint density at radius 1 is 1.43 bits per heavy atom. The minimum absolute atomic E-state index is 0.743. The maximum atomic E-state index is 3.74. The second-order valence-corrected chi connectivity index (χ2v) is 5.92. The Morgan fingerprint density at radius 3 is 2.71 bits per heavy atom. The highest BCUT2D eigenvalue weighted by atomic mass is 79.9. The Hall–Kier alpha value is 0.400. The van der Waals surface area contributed by atoms with E-state index in [0.717, 1.165) is 10.7 Å². The lowest BCUT2D eigenvalue weighted by molar-refractivity contribution is 0.183. The van der Waals surface area contributed by atoms with Crippen molar-refractivity contribution in [2.24, 2.45) is 5.92 Å². The van der Waals surface area contributed by atoms with Crippen LogP contribution in [0.1, 0.15) is 19.8 Å². The zero-order valence-electron chi connectivity index (χ0n) is 9.67. The van der Waals surface area contributed by atoms with Crippen LogP contribution in [0, 0.1) is 5.92 Å². The molecule has 0 amide bonds. The Bertz CT molecular complexity index is 161. The number of nitrogens with zero attached hydrogens (tertiary/aromatic N) is 2. The number of rotatable bonds is 4. The van der Waals surface area contributed by atoms with Gasteiger partial charge < -0.3 is 9.80 Å². The van der Waals surface area contributed by atoms with Crippen molar-refractivity contribution in [3.63, 3.8) is 0 Å². The number of halogens is 1. The van der Waals surface area contributed by atoms with Crippen LogP contribution in [0.3, 0.4) is 0 Å². The molecule has 0 aliphatic carbocycles. The Labute approximate surface area is 96.8 Å². The molecule has 0 aromatic heterocycles. The molecule has 0 bridgehead atoms. The minimum Gasteiger partial charge on any atom is -0.309 e. The molecule has 1 aliphatic heterocycles. The molecule has 0 saturated carbocycles. The van der Waals surface area contributed by atoms with Gasteiger partial charge in [-0.1, -0.05) is 22.9 Å². The summed E-state index contributed by atoms with van der Waals surface area (Å²) in [5.41, 5.74) is 0. The molecule has 1 rings (SSSR count). The summed E-state index contributed by atoms with van der Waals surface area (Å²) < 4.78 is 0. The van der Waals surface area contributed by atoms with Gasteiger partial charge in [0.25, 0.3) is 0 Å². The molecule has 0 aromatic rings. The standard InChI is InChI=1S/C11H23BrN2/c1-10-9-14(8-5-11(10)12)7-4-6-13(2)3/h10-11H,4-9H2,1-3H3. The van der Waals surface area contributed by atoms with E-state index in [-0.39, 0.29) is 0 Å². The fourth-order valence-corrected chi connectivity index (χ4v) is 2.39. The van der Waals surface area contributed by atoms with E-state index in [1.54, 1.807) is 0 Å². The maximum Gasteiger partial charge on any atom is 0.0195 e. The highest BCUT2D eigenvalue weighted by molar-refractivity contribution is 9.09. The molecule has 1 aliphatic rings. The van der Waals surface area contributed by atoms with Crippen molar-refractivity contribution in [1.29, 1.82) is 0 Å². The van der Waals surface area contributed by atoms with Crippen LogP contribution in [0.5, 0.6) is 0 Å². The molecule has 0 spiro atoms. The Balaban J connectivity index is 2.13. The van der Waals surface area contributed by atoms with E-state index in [4.69, 9.17) is 0 Å². The molecule has 0 N–H and O–H groups in total. The molecule has 1 saturated heterocycles. The summed E-state index contributed by atoms with van der Waals surface area (Å²) in [6.07, 6.45) is 2.61. The van der Waals surface area contributed by atoms with Gasteiger partial charge in [-0.25, -0.2) is 0 Å². The van der Waals surface area contributed by atoms with Crippen molar-refractivity contribution in [3.8, 4) is 0 Å².